The molecule has 0 aromatic heterocycles. The zero-order valence-electron chi connectivity index (χ0n) is 15.5. The van der Waals surface area contributed by atoms with E-state index in [0.29, 0.717) is 13.2 Å². The highest BCUT2D eigenvalue weighted by Crippen LogP contribution is 2.17. The highest BCUT2D eigenvalue weighted by molar-refractivity contribution is 6.01. The second kappa shape index (κ2) is 12.1. The van der Waals surface area contributed by atoms with Gasteiger partial charge in [0.25, 0.3) is 5.91 Å². The van der Waals surface area contributed by atoms with Crippen LogP contribution in [-0.4, -0.2) is 39.3 Å². The molecule has 25 heavy (non-hydrogen) atoms. The molecule has 0 unspecified atom stereocenters. The second-order valence-electron chi connectivity index (χ2n) is 5.85. The summed E-state index contributed by atoms with van der Waals surface area (Å²) in [7, 11) is 1.62. The molecule has 0 heterocycles. The van der Waals surface area contributed by atoms with Crippen molar-refractivity contribution in [2.45, 2.75) is 33.1 Å². The molecule has 1 N–H and O–H groups in total. The number of carbonyl (C=O) groups is 1. The van der Waals surface area contributed by atoms with E-state index in [2.05, 4.69) is 24.1 Å². The van der Waals surface area contributed by atoms with Crippen molar-refractivity contribution in [1.82, 2.24) is 5.32 Å². The smallest absolute Gasteiger partial charge is 0.261 e. The first-order valence-corrected chi connectivity index (χ1v) is 8.90. The van der Waals surface area contributed by atoms with Crippen LogP contribution in [0.1, 0.15) is 38.7 Å². The lowest BCUT2D eigenvalue weighted by Gasteiger charge is -2.23. The molecule has 0 aliphatic rings. The van der Waals surface area contributed by atoms with Gasteiger partial charge in [0.15, 0.2) is 0 Å². The van der Waals surface area contributed by atoms with Crippen LogP contribution in [0.25, 0.3) is 6.08 Å². The first-order valence-electron chi connectivity index (χ1n) is 8.90. The van der Waals surface area contributed by atoms with Gasteiger partial charge in [-0.1, -0.05) is 26.0 Å². The Morgan fingerprint density at radius 2 is 1.88 bits per heavy atom. The van der Waals surface area contributed by atoms with Crippen LogP contribution in [0.3, 0.4) is 0 Å². The van der Waals surface area contributed by atoms with Crippen molar-refractivity contribution < 1.29 is 9.53 Å². The second-order valence-corrected chi connectivity index (χ2v) is 5.85. The molecule has 0 aliphatic heterocycles. The van der Waals surface area contributed by atoms with Crippen LogP contribution < -0.4 is 10.2 Å². The Kier molecular flexibility index (Phi) is 10.0. The summed E-state index contributed by atoms with van der Waals surface area (Å²) >= 11 is 0. The first kappa shape index (κ1) is 20.7. The summed E-state index contributed by atoms with van der Waals surface area (Å²) in [4.78, 5) is 14.4. The largest absolute Gasteiger partial charge is 0.385 e. The minimum absolute atomic E-state index is 0.115. The summed E-state index contributed by atoms with van der Waals surface area (Å²) in [6.45, 7) is 7.47. The quantitative estimate of drug-likeness (QED) is 0.380. The lowest BCUT2D eigenvalue weighted by molar-refractivity contribution is -0.117. The topological polar surface area (TPSA) is 65.4 Å². The normalized spacial score (nSPS) is 11.0. The Hall–Kier alpha value is -2.32. The van der Waals surface area contributed by atoms with E-state index in [4.69, 9.17) is 4.74 Å². The highest BCUT2D eigenvalue weighted by atomic mass is 16.5. The van der Waals surface area contributed by atoms with Gasteiger partial charge in [0.2, 0.25) is 0 Å². The van der Waals surface area contributed by atoms with Crippen molar-refractivity contribution in [2.75, 3.05) is 38.3 Å². The minimum Gasteiger partial charge on any atom is -0.385 e. The van der Waals surface area contributed by atoms with Crippen molar-refractivity contribution in [2.24, 2.45) is 0 Å². The van der Waals surface area contributed by atoms with Gasteiger partial charge in [-0.2, -0.15) is 5.26 Å². The van der Waals surface area contributed by atoms with Crippen LogP contribution in [0.5, 0.6) is 0 Å². The van der Waals surface area contributed by atoms with Gasteiger partial charge < -0.3 is 15.0 Å². The maximum Gasteiger partial charge on any atom is 0.261 e. The number of hydrogen-bond acceptors (Lipinski definition) is 4. The van der Waals surface area contributed by atoms with Gasteiger partial charge in [-0.15, -0.1) is 0 Å². The number of rotatable bonds is 11. The molecule has 1 aromatic rings. The molecule has 5 heteroatoms. The monoisotopic (exact) mass is 343 g/mol. The maximum atomic E-state index is 12.0. The third-order valence-corrected chi connectivity index (χ3v) is 3.73. The van der Waals surface area contributed by atoms with E-state index in [1.54, 1.807) is 13.2 Å². The van der Waals surface area contributed by atoms with Gasteiger partial charge in [0.1, 0.15) is 11.6 Å². The fraction of sp³-hybridized carbons (Fsp3) is 0.500. The molecule has 0 aliphatic carbocycles. The molecular formula is C20H29N3O2. The molecule has 1 aromatic carbocycles. The van der Waals surface area contributed by atoms with Crippen molar-refractivity contribution in [1.29, 1.82) is 5.26 Å². The summed E-state index contributed by atoms with van der Waals surface area (Å²) in [5.74, 6) is -0.346. The van der Waals surface area contributed by atoms with Gasteiger partial charge in [-0.3, -0.25) is 4.79 Å². The fourth-order valence-electron chi connectivity index (χ4n) is 2.52. The standard InChI is InChI=1S/C20H29N3O2/c1-4-12-23(13-5-2)19-9-7-17(8-10-19)15-18(16-21)20(24)22-11-6-14-25-3/h7-10,15H,4-6,11-14H2,1-3H3,(H,22,24)/b18-15+. The molecule has 5 nitrogen and oxygen atoms in total. The van der Waals surface area contributed by atoms with Gasteiger partial charge in [-0.25, -0.2) is 0 Å². The van der Waals surface area contributed by atoms with Gasteiger partial charge in [0.05, 0.1) is 0 Å². The lowest BCUT2D eigenvalue weighted by Crippen LogP contribution is -2.26. The number of methoxy groups -OCH3 is 1. The van der Waals surface area contributed by atoms with Gasteiger partial charge >= 0.3 is 0 Å². The third-order valence-electron chi connectivity index (χ3n) is 3.73. The molecule has 136 valence electrons. The van der Waals surface area contributed by atoms with E-state index in [9.17, 15) is 10.1 Å². The average molecular weight is 343 g/mol. The molecule has 0 atom stereocenters. The van der Waals surface area contributed by atoms with Crippen LogP contribution in [0.15, 0.2) is 29.8 Å². The van der Waals surface area contributed by atoms with Crippen LogP contribution in [-0.2, 0) is 9.53 Å². The average Bonchev–Trinajstić information content (AvgIpc) is 2.63. The Bertz CT molecular complexity index is 582. The minimum atomic E-state index is -0.346. The molecule has 0 saturated heterocycles. The Labute approximate surface area is 151 Å². The zero-order valence-corrected chi connectivity index (χ0v) is 15.5. The van der Waals surface area contributed by atoms with Crippen molar-refractivity contribution >= 4 is 17.7 Å². The molecule has 0 fully saturated rings. The maximum absolute atomic E-state index is 12.0. The van der Waals surface area contributed by atoms with Crippen LogP contribution >= 0.6 is 0 Å². The summed E-state index contributed by atoms with van der Waals surface area (Å²) in [6, 6.07) is 9.96. The van der Waals surface area contributed by atoms with E-state index >= 15 is 0 Å². The SMILES string of the molecule is CCCN(CCC)c1ccc(/C=C(\C#N)C(=O)NCCCOC)cc1. The summed E-state index contributed by atoms with van der Waals surface area (Å²) in [6.07, 6.45) is 4.55. The van der Waals surface area contributed by atoms with Crippen LogP contribution in [0.4, 0.5) is 5.69 Å². The molecule has 1 rings (SSSR count). The molecule has 0 spiro atoms. The van der Waals surface area contributed by atoms with E-state index in [1.807, 2.05) is 30.3 Å². The summed E-state index contributed by atoms with van der Waals surface area (Å²) in [5.41, 5.74) is 2.13. The van der Waals surface area contributed by atoms with E-state index in [-0.39, 0.29) is 11.5 Å². The highest BCUT2D eigenvalue weighted by Gasteiger charge is 2.09. The number of hydrogen-bond donors (Lipinski definition) is 1. The van der Waals surface area contributed by atoms with Crippen molar-refractivity contribution in [3.05, 3.63) is 35.4 Å². The number of nitriles is 1. The molecular weight excluding hydrogens is 314 g/mol. The zero-order chi connectivity index (χ0) is 18.5. The Morgan fingerprint density at radius 3 is 2.40 bits per heavy atom. The number of amides is 1. The van der Waals surface area contributed by atoms with Gasteiger partial charge in [-0.05, 0) is 43.0 Å². The molecule has 0 saturated carbocycles. The fourth-order valence-corrected chi connectivity index (χ4v) is 2.52. The Balaban J connectivity index is 2.76. The lowest BCUT2D eigenvalue weighted by atomic mass is 10.1. The molecule has 0 radical (unpaired) electrons. The Morgan fingerprint density at radius 1 is 1.24 bits per heavy atom. The van der Waals surface area contributed by atoms with Crippen LogP contribution in [0, 0.1) is 11.3 Å². The van der Waals surface area contributed by atoms with Crippen molar-refractivity contribution in [3.63, 3.8) is 0 Å². The van der Waals surface area contributed by atoms with E-state index in [0.717, 1.165) is 37.9 Å². The first-order chi connectivity index (χ1) is 12.2. The van der Waals surface area contributed by atoms with Gasteiger partial charge in [0, 0.05) is 39.0 Å². The summed E-state index contributed by atoms with van der Waals surface area (Å²) < 4.78 is 4.94. The number of benzene rings is 1. The van der Waals surface area contributed by atoms with Crippen LogP contribution in [0.2, 0.25) is 0 Å². The van der Waals surface area contributed by atoms with E-state index < -0.39 is 0 Å². The van der Waals surface area contributed by atoms with E-state index in [1.165, 1.54) is 5.69 Å². The number of nitrogens with one attached hydrogen (secondary N) is 1. The van der Waals surface area contributed by atoms with Crippen molar-refractivity contribution in [3.8, 4) is 6.07 Å². The predicted molar refractivity (Wildman–Crippen MR) is 102 cm³/mol. The molecule has 0 bridgehead atoms. The third kappa shape index (κ3) is 7.40. The number of nitrogens with zero attached hydrogens (tertiary/aromatic N) is 2. The molecule has 1 amide bonds. The predicted octanol–water partition coefficient (Wildman–Crippen LogP) is 3.37. The number of anilines is 1. The number of ether oxygens (including phenoxy) is 1. The number of carbonyl (C=O) groups excluding carboxylic acids is 1. The summed E-state index contributed by atoms with van der Waals surface area (Å²) in [5, 5.41) is 12.0.